The van der Waals surface area contributed by atoms with Gasteiger partial charge in [-0.1, -0.05) is 65.5 Å². The van der Waals surface area contributed by atoms with Crippen LogP contribution in [0, 0.1) is 0 Å². The Balaban J connectivity index is 2.93. The molecule has 0 heterocycles. The molecule has 0 unspecified atom stereocenters. The van der Waals surface area contributed by atoms with Gasteiger partial charge in [-0.15, -0.1) is 0 Å². The minimum absolute atomic E-state index is 0.124. The van der Waals surface area contributed by atoms with Gasteiger partial charge in [-0.3, -0.25) is 5.11 Å². The van der Waals surface area contributed by atoms with Crippen molar-refractivity contribution in [2.75, 3.05) is 0 Å². The molecule has 0 fully saturated rings. The van der Waals surface area contributed by atoms with Crippen LogP contribution in [-0.2, 0) is 16.9 Å². The van der Waals surface area contributed by atoms with Gasteiger partial charge in [0.2, 0.25) is 0 Å². The highest BCUT2D eigenvalue weighted by Crippen LogP contribution is 2.36. The van der Waals surface area contributed by atoms with Gasteiger partial charge in [-0.05, 0) is 36.3 Å². The summed E-state index contributed by atoms with van der Waals surface area (Å²) >= 11 is 0. The number of hydrogen-bond donors (Lipinski definition) is 0. The van der Waals surface area contributed by atoms with Gasteiger partial charge in [0.1, 0.15) is 0 Å². The average Bonchev–Trinajstić information content (AvgIpc) is 2.37. The van der Waals surface area contributed by atoms with Crippen LogP contribution in [0.5, 0.6) is 5.75 Å². The third-order valence-electron chi connectivity index (χ3n) is 4.05. The lowest BCUT2D eigenvalue weighted by molar-refractivity contribution is 0.345. The maximum atomic E-state index is 12.1. The van der Waals surface area contributed by atoms with Crippen LogP contribution in [0.3, 0.4) is 0 Å². The van der Waals surface area contributed by atoms with Crippen LogP contribution in [0.25, 0.3) is 0 Å². The van der Waals surface area contributed by atoms with Gasteiger partial charge in [0.25, 0.3) is 0 Å². The maximum absolute atomic E-state index is 12.1. The van der Waals surface area contributed by atoms with Crippen molar-refractivity contribution < 1.29 is 5.11 Å². The van der Waals surface area contributed by atoms with Crippen LogP contribution in [0.15, 0.2) is 18.2 Å². The van der Waals surface area contributed by atoms with Gasteiger partial charge in [0, 0.05) is 5.56 Å². The molecule has 19 heavy (non-hydrogen) atoms. The Morgan fingerprint density at radius 3 is 2.32 bits per heavy atom. The first-order valence-corrected chi connectivity index (χ1v) is 7.82. The summed E-state index contributed by atoms with van der Waals surface area (Å²) in [5.74, 6) is 0.231. The van der Waals surface area contributed by atoms with Gasteiger partial charge < -0.3 is 0 Å². The molecule has 1 heteroatoms. The molecular formula is C18H29O. The van der Waals surface area contributed by atoms with E-state index in [-0.39, 0.29) is 11.2 Å². The van der Waals surface area contributed by atoms with Crippen LogP contribution in [0.4, 0.5) is 0 Å². The SMILES string of the molecule is CCCCCC(C)(C)c1cccc([O])c1CCCC. The van der Waals surface area contributed by atoms with E-state index in [9.17, 15) is 5.11 Å². The molecule has 0 saturated heterocycles. The molecule has 0 aliphatic carbocycles. The summed E-state index contributed by atoms with van der Waals surface area (Å²) in [6, 6.07) is 5.81. The molecule has 0 bridgehead atoms. The predicted molar refractivity (Wildman–Crippen MR) is 82.4 cm³/mol. The summed E-state index contributed by atoms with van der Waals surface area (Å²) in [6.45, 7) is 8.98. The number of rotatable bonds is 8. The van der Waals surface area contributed by atoms with E-state index in [1.807, 2.05) is 6.07 Å². The fourth-order valence-corrected chi connectivity index (χ4v) is 2.76. The summed E-state index contributed by atoms with van der Waals surface area (Å²) in [5, 5.41) is 12.1. The van der Waals surface area contributed by atoms with Crippen LogP contribution in [0.2, 0.25) is 0 Å². The lowest BCUT2D eigenvalue weighted by atomic mass is 9.76. The Hall–Kier alpha value is -0.980. The van der Waals surface area contributed by atoms with E-state index in [0.717, 1.165) is 24.8 Å². The minimum atomic E-state index is 0.124. The van der Waals surface area contributed by atoms with Crippen molar-refractivity contribution >= 4 is 0 Å². The second-order valence-corrected chi connectivity index (χ2v) is 6.23. The smallest absolute Gasteiger partial charge is 0.182 e. The Morgan fingerprint density at radius 2 is 1.68 bits per heavy atom. The van der Waals surface area contributed by atoms with Crippen molar-refractivity contribution in [1.82, 2.24) is 0 Å². The lowest BCUT2D eigenvalue weighted by Gasteiger charge is -2.28. The third kappa shape index (κ3) is 4.56. The van der Waals surface area contributed by atoms with E-state index in [0.29, 0.717) is 0 Å². The Labute approximate surface area is 119 Å². The average molecular weight is 261 g/mol. The summed E-state index contributed by atoms with van der Waals surface area (Å²) in [4.78, 5) is 0. The van der Waals surface area contributed by atoms with Crippen LogP contribution < -0.4 is 0 Å². The van der Waals surface area contributed by atoms with Crippen molar-refractivity contribution in [2.24, 2.45) is 0 Å². The molecule has 0 amide bonds. The van der Waals surface area contributed by atoms with Crippen LogP contribution >= 0.6 is 0 Å². The quantitative estimate of drug-likeness (QED) is 0.509. The van der Waals surface area contributed by atoms with Crippen molar-refractivity contribution in [3.8, 4) is 5.75 Å². The van der Waals surface area contributed by atoms with Gasteiger partial charge in [0.05, 0.1) is 0 Å². The Morgan fingerprint density at radius 1 is 1.00 bits per heavy atom. The number of unbranched alkanes of at least 4 members (excludes halogenated alkanes) is 3. The van der Waals surface area contributed by atoms with Gasteiger partial charge in [0.15, 0.2) is 5.75 Å². The first-order valence-electron chi connectivity index (χ1n) is 7.82. The first-order chi connectivity index (χ1) is 9.03. The highest BCUT2D eigenvalue weighted by molar-refractivity contribution is 5.43. The number of hydrogen-bond acceptors (Lipinski definition) is 0. The molecule has 0 N–H and O–H groups in total. The van der Waals surface area contributed by atoms with Crippen LogP contribution in [-0.4, -0.2) is 0 Å². The van der Waals surface area contributed by atoms with E-state index in [4.69, 9.17) is 0 Å². The zero-order valence-corrected chi connectivity index (χ0v) is 13.1. The van der Waals surface area contributed by atoms with E-state index >= 15 is 0 Å². The van der Waals surface area contributed by atoms with Gasteiger partial charge in [-0.2, -0.15) is 0 Å². The fourth-order valence-electron chi connectivity index (χ4n) is 2.76. The maximum Gasteiger partial charge on any atom is 0.182 e. The molecule has 0 aliphatic heterocycles. The summed E-state index contributed by atoms with van der Waals surface area (Å²) < 4.78 is 0. The standard InChI is InChI=1S/C18H29O/c1-5-7-9-14-18(3,4)16-12-10-13-17(19)15(16)11-8-6-2/h10,12-13H,5-9,11,14H2,1-4H3. The monoisotopic (exact) mass is 261 g/mol. The van der Waals surface area contributed by atoms with E-state index in [1.54, 1.807) is 6.07 Å². The first kappa shape index (κ1) is 16.1. The molecule has 0 atom stereocenters. The zero-order chi connectivity index (χ0) is 14.3. The van der Waals surface area contributed by atoms with Crippen molar-refractivity contribution in [3.05, 3.63) is 29.3 Å². The second kappa shape index (κ2) is 7.57. The van der Waals surface area contributed by atoms with Crippen LogP contribution in [0.1, 0.15) is 77.3 Å². The summed E-state index contributed by atoms with van der Waals surface area (Å²) in [6.07, 6.45) is 8.14. The molecule has 0 aliphatic rings. The third-order valence-corrected chi connectivity index (χ3v) is 4.05. The van der Waals surface area contributed by atoms with Crippen molar-refractivity contribution in [2.45, 2.75) is 78.1 Å². The topological polar surface area (TPSA) is 19.9 Å². The molecule has 107 valence electrons. The summed E-state index contributed by atoms with van der Waals surface area (Å²) in [7, 11) is 0. The number of benzene rings is 1. The fraction of sp³-hybridized carbons (Fsp3) is 0.667. The Bertz CT molecular complexity index is 379. The highest BCUT2D eigenvalue weighted by Gasteiger charge is 2.24. The van der Waals surface area contributed by atoms with Crippen molar-refractivity contribution in [1.29, 1.82) is 0 Å². The largest absolute Gasteiger partial charge is 0.290 e. The summed E-state index contributed by atoms with van der Waals surface area (Å²) in [5.41, 5.74) is 2.47. The lowest BCUT2D eigenvalue weighted by Crippen LogP contribution is -2.19. The van der Waals surface area contributed by atoms with E-state index < -0.39 is 0 Å². The molecule has 1 aromatic carbocycles. The van der Waals surface area contributed by atoms with Gasteiger partial charge >= 0.3 is 0 Å². The molecule has 0 spiro atoms. The van der Waals surface area contributed by atoms with Crippen molar-refractivity contribution in [3.63, 3.8) is 0 Å². The molecule has 0 saturated carbocycles. The molecule has 0 aromatic heterocycles. The Kier molecular flexibility index (Phi) is 6.41. The second-order valence-electron chi connectivity index (χ2n) is 6.23. The molecule has 1 radical (unpaired) electrons. The minimum Gasteiger partial charge on any atom is -0.290 e. The zero-order valence-electron chi connectivity index (χ0n) is 13.1. The predicted octanol–water partition coefficient (Wildman–Crippen LogP) is 6.03. The van der Waals surface area contributed by atoms with E-state index in [1.165, 1.54) is 31.2 Å². The normalized spacial score (nSPS) is 11.8. The molecule has 1 rings (SSSR count). The van der Waals surface area contributed by atoms with Gasteiger partial charge in [-0.25, -0.2) is 0 Å². The molecular weight excluding hydrogens is 232 g/mol. The molecule has 1 aromatic rings. The molecule has 1 nitrogen and oxygen atoms in total. The highest BCUT2D eigenvalue weighted by atomic mass is 16.3. The van der Waals surface area contributed by atoms with E-state index in [2.05, 4.69) is 33.8 Å².